The molecule has 142 valence electrons. The number of fused-ring (bicyclic) bond motifs is 1. The Labute approximate surface area is 165 Å². The van der Waals surface area contributed by atoms with Crippen LogP contribution in [0.25, 0.3) is 0 Å². The molecule has 0 radical (unpaired) electrons. The summed E-state index contributed by atoms with van der Waals surface area (Å²) >= 11 is 12.0. The van der Waals surface area contributed by atoms with E-state index in [1.54, 1.807) is 18.2 Å². The van der Waals surface area contributed by atoms with E-state index in [-0.39, 0.29) is 21.3 Å². The maximum Gasteiger partial charge on any atom is 0.338 e. The number of ether oxygens (including phenoxy) is 4. The molecule has 0 bridgehead atoms. The van der Waals surface area contributed by atoms with Crippen molar-refractivity contribution in [1.29, 1.82) is 0 Å². The topological polar surface area (TPSA) is 83.1 Å². The molecular formula is C18H15Cl2NO6. The van der Waals surface area contributed by atoms with E-state index in [1.807, 2.05) is 0 Å². The van der Waals surface area contributed by atoms with E-state index in [0.29, 0.717) is 30.5 Å². The maximum atomic E-state index is 12.3. The van der Waals surface area contributed by atoms with E-state index < -0.39 is 18.5 Å². The second-order valence-electron chi connectivity index (χ2n) is 5.42. The lowest BCUT2D eigenvalue weighted by Gasteiger charge is -2.21. The number of halogens is 2. The number of anilines is 1. The molecule has 1 amide bonds. The number of benzene rings is 2. The summed E-state index contributed by atoms with van der Waals surface area (Å²) in [6, 6.07) is 7.74. The van der Waals surface area contributed by atoms with Gasteiger partial charge in [0.2, 0.25) is 5.75 Å². The highest BCUT2D eigenvalue weighted by molar-refractivity contribution is 6.39. The molecule has 0 saturated heterocycles. The Hall–Kier alpha value is -2.64. The molecule has 1 aliphatic heterocycles. The van der Waals surface area contributed by atoms with Crippen LogP contribution >= 0.6 is 23.2 Å². The average Bonchev–Trinajstić information content (AvgIpc) is 2.68. The molecule has 1 heterocycles. The number of carbonyl (C=O) groups is 2. The van der Waals surface area contributed by atoms with E-state index in [9.17, 15) is 9.59 Å². The average molecular weight is 412 g/mol. The van der Waals surface area contributed by atoms with Crippen molar-refractivity contribution in [2.45, 2.75) is 0 Å². The molecule has 0 unspecified atom stereocenters. The number of rotatable bonds is 5. The van der Waals surface area contributed by atoms with Gasteiger partial charge in [-0.25, -0.2) is 4.79 Å². The molecule has 0 spiro atoms. The second kappa shape index (κ2) is 8.37. The number of hydrogen-bond acceptors (Lipinski definition) is 6. The van der Waals surface area contributed by atoms with Crippen LogP contribution in [0.2, 0.25) is 10.0 Å². The summed E-state index contributed by atoms with van der Waals surface area (Å²) in [5, 5.41) is 3.06. The third-order valence-electron chi connectivity index (χ3n) is 3.63. The number of methoxy groups -OCH3 is 1. The van der Waals surface area contributed by atoms with Crippen LogP contribution in [-0.4, -0.2) is 38.8 Å². The van der Waals surface area contributed by atoms with Crippen LogP contribution in [0.1, 0.15) is 10.4 Å². The minimum atomic E-state index is -0.717. The third kappa shape index (κ3) is 4.37. The van der Waals surface area contributed by atoms with E-state index in [0.717, 1.165) is 0 Å². The van der Waals surface area contributed by atoms with Crippen LogP contribution in [0.3, 0.4) is 0 Å². The van der Waals surface area contributed by atoms with Gasteiger partial charge in [-0.15, -0.1) is 0 Å². The van der Waals surface area contributed by atoms with Crippen LogP contribution in [0.15, 0.2) is 30.3 Å². The van der Waals surface area contributed by atoms with Crippen molar-refractivity contribution < 1.29 is 28.5 Å². The summed E-state index contributed by atoms with van der Waals surface area (Å²) < 4.78 is 21.2. The zero-order valence-corrected chi connectivity index (χ0v) is 15.7. The lowest BCUT2D eigenvalue weighted by atomic mass is 10.1. The number of carbonyl (C=O) groups excluding carboxylic acids is 2. The number of para-hydroxylation sites is 1. The fourth-order valence-corrected chi connectivity index (χ4v) is 2.89. The Bertz CT molecular complexity index is 849. The van der Waals surface area contributed by atoms with Crippen LogP contribution < -0.4 is 19.5 Å². The summed E-state index contributed by atoms with van der Waals surface area (Å²) in [4.78, 5) is 24.3. The molecule has 1 aliphatic rings. The molecule has 7 nitrogen and oxygen atoms in total. The van der Waals surface area contributed by atoms with Gasteiger partial charge in [-0.1, -0.05) is 29.3 Å². The van der Waals surface area contributed by atoms with E-state index >= 15 is 0 Å². The first kappa shape index (κ1) is 19.1. The molecule has 0 atom stereocenters. The van der Waals surface area contributed by atoms with Crippen LogP contribution in [0.5, 0.6) is 17.2 Å². The van der Waals surface area contributed by atoms with Crippen LogP contribution in [0.4, 0.5) is 5.69 Å². The molecule has 1 N–H and O–H groups in total. The fraction of sp³-hybridized carbons (Fsp3) is 0.222. The van der Waals surface area contributed by atoms with Gasteiger partial charge in [0.05, 0.1) is 28.4 Å². The van der Waals surface area contributed by atoms with Crippen molar-refractivity contribution in [3.05, 3.63) is 45.9 Å². The minimum absolute atomic E-state index is 0.166. The van der Waals surface area contributed by atoms with Gasteiger partial charge < -0.3 is 24.3 Å². The van der Waals surface area contributed by atoms with E-state index in [2.05, 4.69) is 5.32 Å². The molecule has 0 fully saturated rings. The summed E-state index contributed by atoms with van der Waals surface area (Å²) in [5.74, 6) is -0.161. The van der Waals surface area contributed by atoms with Crippen molar-refractivity contribution in [1.82, 2.24) is 0 Å². The Morgan fingerprint density at radius 2 is 1.85 bits per heavy atom. The van der Waals surface area contributed by atoms with Crippen LogP contribution in [-0.2, 0) is 9.53 Å². The van der Waals surface area contributed by atoms with E-state index in [4.69, 9.17) is 42.1 Å². The molecule has 3 rings (SSSR count). The molecule has 9 heteroatoms. The van der Waals surface area contributed by atoms with Gasteiger partial charge in [-0.2, -0.15) is 0 Å². The Morgan fingerprint density at radius 1 is 1.15 bits per heavy atom. The van der Waals surface area contributed by atoms with E-state index in [1.165, 1.54) is 19.2 Å². The van der Waals surface area contributed by atoms with Gasteiger partial charge >= 0.3 is 5.97 Å². The Kier molecular flexibility index (Phi) is 5.93. The standard InChI is InChI=1S/C18H15Cl2NO6/c1-24-13-7-10(8-14-17(13)26-6-5-25-14)18(23)27-9-15(22)21-16-11(19)3-2-4-12(16)20/h2-4,7-8H,5-6,9H2,1H3,(H,21,22). The smallest absolute Gasteiger partial charge is 0.338 e. The van der Waals surface area contributed by atoms with Gasteiger partial charge in [-0.05, 0) is 24.3 Å². The van der Waals surface area contributed by atoms with Crippen molar-refractivity contribution in [3.8, 4) is 17.2 Å². The zero-order valence-electron chi connectivity index (χ0n) is 14.2. The number of nitrogens with one attached hydrogen (secondary N) is 1. The monoisotopic (exact) mass is 411 g/mol. The number of esters is 1. The zero-order chi connectivity index (χ0) is 19.4. The quantitative estimate of drug-likeness (QED) is 0.757. The van der Waals surface area contributed by atoms with Crippen molar-refractivity contribution >= 4 is 40.8 Å². The van der Waals surface area contributed by atoms with Gasteiger partial charge in [0.1, 0.15) is 13.2 Å². The fourth-order valence-electron chi connectivity index (χ4n) is 2.40. The summed E-state index contributed by atoms with van der Waals surface area (Å²) in [7, 11) is 1.45. The highest BCUT2D eigenvalue weighted by atomic mass is 35.5. The third-order valence-corrected chi connectivity index (χ3v) is 4.26. The van der Waals surface area contributed by atoms with Crippen LogP contribution in [0, 0.1) is 0 Å². The highest BCUT2D eigenvalue weighted by Crippen LogP contribution is 2.40. The first-order valence-electron chi connectivity index (χ1n) is 7.88. The van der Waals surface area contributed by atoms with Gasteiger partial charge in [0, 0.05) is 0 Å². The van der Waals surface area contributed by atoms with Crippen molar-refractivity contribution in [2.24, 2.45) is 0 Å². The van der Waals surface area contributed by atoms with Crippen molar-refractivity contribution in [3.63, 3.8) is 0 Å². The lowest BCUT2D eigenvalue weighted by Crippen LogP contribution is -2.22. The molecule has 0 saturated carbocycles. The molecule has 2 aromatic carbocycles. The normalized spacial score (nSPS) is 12.3. The Morgan fingerprint density at radius 3 is 2.56 bits per heavy atom. The molecule has 27 heavy (non-hydrogen) atoms. The summed E-state index contributed by atoms with van der Waals surface area (Å²) in [5.41, 5.74) is 0.419. The first-order chi connectivity index (χ1) is 13.0. The first-order valence-corrected chi connectivity index (χ1v) is 8.64. The van der Waals surface area contributed by atoms with Crippen molar-refractivity contribution in [2.75, 3.05) is 32.2 Å². The summed E-state index contributed by atoms with van der Waals surface area (Å²) in [6.07, 6.45) is 0. The van der Waals surface area contributed by atoms with Gasteiger partial charge in [0.15, 0.2) is 18.1 Å². The minimum Gasteiger partial charge on any atom is -0.493 e. The SMILES string of the molecule is COc1cc(C(=O)OCC(=O)Nc2c(Cl)cccc2Cl)cc2c1OCCO2. The molecule has 0 aromatic heterocycles. The second-order valence-corrected chi connectivity index (χ2v) is 6.24. The summed E-state index contributed by atoms with van der Waals surface area (Å²) in [6.45, 7) is 0.227. The largest absolute Gasteiger partial charge is 0.493 e. The molecule has 2 aromatic rings. The van der Waals surface area contributed by atoms with Gasteiger partial charge in [-0.3, -0.25) is 4.79 Å². The predicted molar refractivity (Wildman–Crippen MR) is 99.4 cm³/mol. The highest BCUT2D eigenvalue weighted by Gasteiger charge is 2.22. The lowest BCUT2D eigenvalue weighted by molar-refractivity contribution is -0.119. The number of hydrogen-bond donors (Lipinski definition) is 1. The maximum absolute atomic E-state index is 12.3. The number of amides is 1. The predicted octanol–water partition coefficient (Wildman–Crippen LogP) is 3.57. The Balaban J connectivity index is 1.66. The molecule has 0 aliphatic carbocycles. The molecular weight excluding hydrogens is 397 g/mol. The van der Waals surface area contributed by atoms with Gasteiger partial charge in [0.25, 0.3) is 5.91 Å².